The van der Waals surface area contributed by atoms with Gasteiger partial charge in [-0.25, -0.2) is 0 Å². The van der Waals surface area contributed by atoms with Crippen LogP contribution < -0.4 is 10.1 Å². The Morgan fingerprint density at radius 2 is 1.80 bits per heavy atom. The molecule has 1 N–H and O–H groups in total. The number of fused-ring (bicyclic) bond motifs is 1. The average molecular weight is 466 g/mol. The Morgan fingerprint density at radius 3 is 2.43 bits per heavy atom. The smallest absolute Gasteiger partial charge is 0.316 e. The molecule has 2 aromatic carbocycles. The molecule has 0 saturated carbocycles. The third-order valence-electron chi connectivity index (χ3n) is 5.56. The number of hydrogen-bond donors (Lipinski definition) is 1. The standard InChI is InChI=1S/C26H28BrNO2/c1-26(2,3)25(29)30-21-11-12-22-20(14-21)5-4-6-23(27)24(22)19-9-7-17(8-10-19)13-18-15-28-16-18/h7-14,28H,4-6,15-16H2,1-3H3. The molecule has 0 unspecified atom stereocenters. The molecule has 0 radical (unpaired) electrons. The minimum absolute atomic E-state index is 0.209. The molecule has 3 nitrogen and oxygen atoms in total. The van der Waals surface area contributed by atoms with E-state index in [0.29, 0.717) is 5.75 Å². The van der Waals surface area contributed by atoms with E-state index in [2.05, 4.69) is 57.7 Å². The van der Waals surface area contributed by atoms with Crippen LogP contribution in [0.15, 0.2) is 52.5 Å². The summed E-state index contributed by atoms with van der Waals surface area (Å²) in [5.74, 6) is 0.418. The fourth-order valence-electron chi connectivity index (χ4n) is 3.71. The SMILES string of the molecule is CC(C)(C)C(=O)Oc1ccc2c(c1)CCCC(Br)=C2c1ccc(C=C2CNC2)cc1. The number of carbonyl (C=O) groups excluding carboxylic acids is 1. The lowest BCUT2D eigenvalue weighted by Gasteiger charge is -2.19. The van der Waals surface area contributed by atoms with Crippen molar-refractivity contribution in [1.82, 2.24) is 5.32 Å². The van der Waals surface area contributed by atoms with Crippen LogP contribution in [0.4, 0.5) is 0 Å². The van der Waals surface area contributed by atoms with Crippen molar-refractivity contribution < 1.29 is 9.53 Å². The zero-order chi connectivity index (χ0) is 21.3. The van der Waals surface area contributed by atoms with Crippen molar-refractivity contribution in [2.24, 2.45) is 5.41 Å². The van der Waals surface area contributed by atoms with Crippen molar-refractivity contribution in [3.8, 4) is 5.75 Å². The Hall–Kier alpha value is -2.17. The molecule has 1 heterocycles. The molecule has 4 rings (SSSR count). The summed E-state index contributed by atoms with van der Waals surface area (Å²) >= 11 is 3.85. The van der Waals surface area contributed by atoms with Gasteiger partial charge >= 0.3 is 5.97 Å². The second kappa shape index (κ2) is 8.52. The molecule has 0 amide bonds. The molecule has 1 aliphatic carbocycles. The lowest BCUT2D eigenvalue weighted by molar-refractivity contribution is -0.142. The van der Waals surface area contributed by atoms with Crippen LogP contribution in [-0.4, -0.2) is 19.1 Å². The number of nitrogens with one attached hydrogen (secondary N) is 1. The number of hydrogen-bond acceptors (Lipinski definition) is 3. The lowest BCUT2D eigenvalue weighted by atomic mass is 9.92. The average Bonchev–Trinajstić information content (AvgIpc) is 2.82. The largest absolute Gasteiger partial charge is 0.426 e. The third-order valence-corrected chi connectivity index (χ3v) is 6.35. The van der Waals surface area contributed by atoms with E-state index in [4.69, 9.17) is 4.74 Å². The predicted octanol–water partition coefficient (Wildman–Crippen LogP) is 6.12. The fraction of sp³-hybridized carbons (Fsp3) is 0.346. The van der Waals surface area contributed by atoms with Gasteiger partial charge < -0.3 is 10.1 Å². The number of esters is 1. The number of ether oxygens (including phenoxy) is 1. The molecule has 2 aliphatic rings. The highest BCUT2D eigenvalue weighted by atomic mass is 79.9. The fourth-order valence-corrected chi connectivity index (χ4v) is 4.44. The first-order valence-electron chi connectivity index (χ1n) is 10.6. The highest BCUT2D eigenvalue weighted by molar-refractivity contribution is 9.11. The predicted molar refractivity (Wildman–Crippen MR) is 127 cm³/mol. The second-order valence-electron chi connectivity index (χ2n) is 9.12. The monoisotopic (exact) mass is 465 g/mol. The number of allylic oxidation sites excluding steroid dienone is 1. The van der Waals surface area contributed by atoms with Crippen molar-refractivity contribution in [2.45, 2.75) is 40.0 Å². The first kappa shape index (κ1) is 21.1. The molecule has 0 atom stereocenters. The van der Waals surface area contributed by atoms with Gasteiger partial charge in [0.15, 0.2) is 0 Å². The number of rotatable bonds is 3. The van der Waals surface area contributed by atoms with E-state index in [-0.39, 0.29) is 5.97 Å². The summed E-state index contributed by atoms with van der Waals surface area (Å²) in [5.41, 5.74) is 7.05. The van der Waals surface area contributed by atoms with Crippen LogP contribution in [0.5, 0.6) is 5.75 Å². The summed E-state index contributed by atoms with van der Waals surface area (Å²) in [6.07, 6.45) is 5.29. The topological polar surface area (TPSA) is 38.3 Å². The van der Waals surface area contributed by atoms with E-state index in [1.54, 1.807) is 0 Å². The van der Waals surface area contributed by atoms with E-state index < -0.39 is 5.41 Å². The van der Waals surface area contributed by atoms with E-state index in [1.807, 2.05) is 32.9 Å². The van der Waals surface area contributed by atoms with Crippen molar-refractivity contribution in [2.75, 3.05) is 13.1 Å². The van der Waals surface area contributed by atoms with Gasteiger partial charge in [-0.1, -0.05) is 52.3 Å². The highest BCUT2D eigenvalue weighted by Gasteiger charge is 2.25. The second-order valence-corrected chi connectivity index (χ2v) is 10.1. The molecule has 0 bridgehead atoms. The number of aryl methyl sites for hydroxylation is 1. The van der Waals surface area contributed by atoms with Crippen LogP contribution >= 0.6 is 15.9 Å². The van der Waals surface area contributed by atoms with Gasteiger partial charge in [0.1, 0.15) is 5.75 Å². The maximum Gasteiger partial charge on any atom is 0.316 e. The summed E-state index contributed by atoms with van der Waals surface area (Å²) in [5, 5.41) is 3.28. The zero-order valence-electron chi connectivity index (χ0n) is 17.8. The van der Waals surface area contributed by atoms with E-state index in [0.717, 1.165) is 32.4 Å². The van der Waals surface area contributed by atoms with Crippen molar-refractivity contribution >= 4 is 33.5 Å². The molecule has 0 spiro atoms. The van der Waals surface area contributed by atoms with Gasteiger partial charge in [0.2, 0.25) is 0 Å². The molecule has 4 heteroatoms. The molecule has 30 heavy (non-hydrogen) atoms. The highest BCUT2D eigenvalue weighted by Crippen LogP contribution is 2.39. The summed E-state index contributed by atoms with van der Waals surface area (Å²) in [6.45, 7) is 7.61. The lowest BCUT2D eigenvalue weighted by Crippen LogP contribution is -2.33. The van der Waals surface area contributed by atoms with Gasteiger partial charge in [0, 0.05) is 17.6 Å². The van der Waals surface area contributed by atoms with Crippen LogP contribution in [0.25, 0.3) is 11.6 Å². The number of benzene rings is 2. The first-order valence-corrected chi connectivity index (χ1v) is 11.4. The first-order chi connectivity index (χ1) is 14.3. The molecule has 1 aliphatic heterocycles. The van der Waals surface area contributed by atoms with Gasteiger partial charge in [-0.15, -0.1) is 0 Å². The van der Waals surface area contributed by atoms with E-state index in [1.165, 1.54) is 37.9 Å². The third kappa shape index (κ3) is 4.60. The van der Waals surface area contributed by atoms with Crippen LogP contribution in [0, 0.1) is 5.41 Å². The number of carbonyl (C=O) groups is 1. The summed E-state index contributed by atoms with van der Waals surface area (Å²) in [7, 11) is 0. The van der Waals surface area contributed by atoms with Crippen molar-refractivity contribution in [3.63, 3.8) is 0 Å². The van der Waals surface area contributed by atoms with Gasteiger partial charge in [0.05, 0.1) is 5.41 Å². The van der Waals surface area contributed by atoms with Crippen LogP contribution in [0.1, 0.15) is 55.9 Å². The normalized spacial score (nSPS) is 16.5. The molecule has 1 saturated heterocycles. The summed E-state index contributed by atoms with van der Waals surface area (Å²) in [4.78, 5) is 12.3. The minimum atomic E-state index is -0.520. The van der Waals surface area contributed by atoms with Crippen LogP contribution in [0.3, 0.4) is 0 Å². The Bertz CT molecular complexity index is 1020. The Morgan fingerprint density at radius 1 is 1.07 bits per heavy atom. The molecular formula is C26H28BrNO2. The zero-order valence-corrected chi connectivity index (χ0v) is 19.4. The van der Waals surface area contributed by atoms with Gasteiger partial charge in [-0.2, -0.15) is 0 Å². The molecule has 1 fully saturated rings. The minimum Gasteiger partial charge on any atom is -0.426 e. The van der Waals surface area contributed by atoms with Crippen LogP contribution in [0.2, 0.25) is 0 Å². The van der Waals surface area contributed by atoms with E-state index >= 15 is 0 Å². The van der Waals surface area contributed by atoms with Crippen LogP contribution in [-0.2, 0) is 11.2 Å². The maximum absolute atomic E-state index is 12.3. The summed E-state index contributed by atoms with van der Waals surface area (Å²) in [6, 6.07) is 14.8. The van der Waals surface area contributed by atoms with Gasteiger partial charge in [-0.3, -0.25) is 4.79 Å². The Labute approximate surface area is 187 Å². The van der Waals surface area contributed by atoms with Gasteiger partial charge in [0.25, 0.3) is 0 Å². The van der Waals surface area contributed by atoms with Crippen molar-refractivity contribution in [1.29, 1.82) is 0 Å². The molecular weight excluding hydrogens is 438 g/mol. The van der Waals surface area contributed by atoms with Crippen molar-refractivity contribution in [3.05, 3.63) is 74.8 Å². The molecule has 2 aromatic rings. The maximum atomic E-state index is 12.3. The van der Waals surface area contributed by atoms with Gasteiger partial charge in [-0.05, 0) is 85.6 Å². The summed E-state index contributed by atoms with van der Waals surface area (Å²) < 4.78 is 6.88. The number of halogens is 1. The molecule has 156 valence electrons. The quantitative estimate of drug-likeness (QED) is 0.438. The van der Waals surface area contributed by atoms with E-state index in [9.17, 15) is 4.79 Å². The Balaban J connectivity index is 1.65. The Kier molecular flexibility index (Phi) is 5.99. The molecule has 0 aromatic heterocycles.